The number of hydrogen-bond donors (Lipinski definition) is 0. The maximum absolute atomic E-state index is 12.8. The van der Waals surface area contributed by atoms with E-state index >= 15 is 0 Å². The number of nitrogens with zero attached hydrogens (tertiary/aromatic N) is 8. The standard InChI is InChI=1S/C28H32N8O3/c1-28(2,3)39-27(37)36-19-29-23-24(36)30-26(31-25(23)38-18-20-8-6-5-7-9-20)33-32-21-10-12-22(13-11-21)35-16-14-34(4)15-17-35/h5-13,19H,14-18H2,1-4H3. The molecule has 0 unspecified atom stereocenters. The van der Waals surface area contributed by atoms with Crippen molar-refractivity contribution in [1.82, 2.24) is 24.4 Å². The molecule has 2 aromatic carbocycles. The number of imidazole rings is 1. The predicted molar refractivity (Wildman–Crippen MR) is 148 cm³/mol. The van der Waals surface area contributed by atoms with Crippen molar-refractivity contribution in [1.29, 1.82) is 0 Å². The Labute approximate surface area is 227 Å². The summed E-state index contributed by atoms with van der Waals surface area (Å²) in [5.74, 6) is 0.240. The summed E-state index contributed by atoms with van der Waals surface area (Å²) >= 11 is 0. The van der Waals surface area contributed by atoms with Gasteiger partial charge in [0.05, 0.1) is 5.69 Å². The second-order valence-corrected chi connectivity index (χ2v) is 10.4. The summed E-state index contributed by atoms with van der Waals surface area (Å²) < 4.78 is 12.7. The van der Waals surface area contributed by atoms with Crippen LogP contribution >= 0.6 is 0 Å². The molecule has 0 radical (unpaired) electrons. The Hall–Kier alpha value is -4.38. The average Bonchev–Trinajstić information content (AvgIpc) is 3.35. The first-order valence-electron chi connectivity index (χ1n) is 12.9. The molecular formula is C28H32N8O3. The number of carbonyl (C=O) groups is 1. The summed E-state index contributed by atoms with van der Waals surface area (Å²) in [7, 11) is 2.14. The summed E-state index contributed by atoms with van der Waals surface area (Å²) in [4.78, 5) is 30.7. The van der Waals surface area contributed by atoms with Crippen LogP contribution in [0.25, 0.3) is 11.2 Å². The lowest BCUT2D eigenvalue weighted by atomic mass is 10.2. The summed E-state index contributed by atoms with van der Waals surface area (Å²) in [6.07, 6.45) is 0.737. The van der Waals surface area contributed by atoms with E-state index in [0.717, 1.165) is 37.4 Å². The summed E-state index contributed by atoms with van der Waals surface area (Å²) in [6.45, 7) is 9.69. The van der Waals surface area contributed by atoms with E-state index in [-0.39, 0.29) is 24.1 Å². The Bertz CT molecular complexity index is 1450. The van der Waals surface area contributed by atoms with Crippen LogP contribution in [0.15, 0.2) is 71.2 Å². The fourth-order valence-electron chi connectivity index (χ4n) is 4.08. The molecule has 11 nitrogen and oxygen atoms in total. The number of piperazine rings is 1. The van der Waals surface area contributed by atoms with Crippen molar-refractivity contribution in [2.75, 3.05) is 38.1 Å². The molecule has 5 rings (SSSR count). The van der Waals surface area contributed by atoms with Crippen LogP contribution < -0.4 is 9.64 Å². The van der Waals surface area contributed by atoms with Gasteiger partial charge in [-0.25, -0.2) is 14.3 Å². The van der Waals surface area contributed by atoms with Gasteiger partial charge in [0.2, 0.25) is 5.88 Å². The van der Waals surface area contributed by atoms with Crippen molar-refractivity contribution in [3.63, 3.8) is 0 Å². The fourth-order valence-corrected chi connectivity index (χ4v) is 4.08. The quantitative estimate of drug-likeness (QED) is 0.308. The number of rotatable bonds is 6. The van der Waals surface area contributed by atoms with Crippen LogP contribution in [0.2, 0.25) is 0 Å². The molecule has 1 fully saturated rings. The van der Waals surface area contributed by atoms with Gasteiger partial charge in [0.1, 0.15) is 18.5 Å². The molecule has 1 aliphatic rings. The van der Waals surface area contributed by atoms with Gasteiger partial charge in [-0.2, -0.15) is 9.97 Å². The van der Waals surface area contributed by atoms with Crippen LogP contribution in [-0.4, -0.2) is 69.3 Å². The first kappa shape index (κ1) is 26.2. The van der Waals surface area contributed by atoms with E-state index in [4.69, 9.17) is 9.47 Å². The van der Waals surface area contributed by atoms with E-state index in [9.17, 15) is 4.79 Å². The van der Waals surface area contributed by atoms with Crippen molar-refractivity contribution in [3.05, 3.63) is 66.5 Å². The lowest BCUT2D eigenvalue weighted by Crippen LogP contribution is -2.44. The first-order chi connectivity index (χ1) is 18.7. The zero-order valence-corrected chi connectivity index (χ0v) is 22.6. The monoisotopic (exact) mass is 528 g/mol. The SMILES string of the molecule is CN1CCN(c2ccc(N=Nc3nc(OCc4ccccc4)c4ncn(C(=O)OC(C)(C)C)c4n3)cc2)CC1. The minimum atomic E-state index is -0.688. The second-order valence-electron chi connectivity index (χ2n) is 10.4. The molecule has 0 bridgehead atoms. The van der Waals surface area contributed by atoms with Gasteiger partial charge in [0.15, 0.2) is 11.2 Å². The van der Waals surface area contributed by atoms with Gasteiger partial charge in [0.25, 0.3) is 5.95 Å². The van der Waals surface area contributed by atoms with E-state index < -0.39 is 11.7 Å². The van der Waals surface area contributed by atoms with Gasteiger partial charge in [-0.1, -0.05) is 30.3 Å². The molecule has 202 valence electrons. The smallest absolute Gasteiger partial charge is 0.421 e. The molecule has 4 aromatic rings. The average molecular weight is 529 g/mol. The van der Waals surface area contributed by atoms with Gasteiger partial charge >= 0.3 is 6.09 Å². The summed E-state index contributed by atoms with van der Waals surface area (Å²) in [5, 5.41) is 8.59. The number of likely N-dealkylation sites (N-methyl/N-ethyl adjacent to an activating group) is 1. The highest BCUT2D eigenvalue weighted by Gasteiger charge is 2.23. The molecule has 0 atom stereocenters. The van der Waals surface area contributed by atoms with Gasteiger partial charge in [-0.15, -0.1) is 10.2 Å². The number of hydrogen-bond acceptors (Lipinski definition) is 10. The Balaban J connectivity index is 1.42. The molecule has 0 N–H and O–H groups in total. The number of azo groups is 1. The van der Waals surface area contributed by atoms with E-state index in [0.29, 0.717) is 11.2 Å². The zero-order valence-electron chi connectivity index (χ0n) is 22.6. The number of anilines is 1. The summed E-state index contributed by atoms with van der Waals surface area (Å²) in [6, 6.07) is 17.6. The van der Waals surface area contributed by atoms with Gasteiger partial charge in [-0.3, -0.25) is 0 Å². The lowest BCUT2D eigenvalue weighted by Gasteiger charge is -2.34. The Kier molecular flexibility index (Phi) is 7.51. The van der Waals surface area contributed by atoms with Crippen LogP contribution in [0.5, 0.6) is 5.88 Å². The topological polar surface area (TPSA) is 110 Å². The molecule has 1 saturated heterocycles. The maximum atomic E-state index is 12.8. The van der Waals surface area contributed by atoms with E-state index in [1.807, 2.05) is 54.6 Å². The minimum Gasteiger partial charge on any atom is -0.471 e. The molecule has 3 heterocycles. The van der Waals surface area contributed by atoms with Crippen molar-refractivity contribution in [2.24, 2.45) is 10.2 Å². The van der Waals surface area contributed by atoms with Gasteiger partial charge in [0, 0.05) is 31.9 Å². The molecular weight excluding hydrogens is 496 g/mol. The van der Waals surface area contributed by atoms with Crippen LogP contribution in [0, 0.1) is 0 Å². The van der Waals surface area contributed by atoms with Crippen molar-refractivity contribution in [2.45, 2.75) is 33.0 Å². The van der Waals surface area contributed by atoms with Crippen LogP contribution in [-0.2, 0) is 11.3 Å². The largest absolute Gasteiger partial charge is 0.471 e. The molecule has 0 aliphatic carbocycles. The molecule has 1 aliphatic heterocycles. The van der Waals surface area contributed by atoms with Gasteiger partial charge < -0.3 is 19.3 Å². The first-order valence-corrected chi connectivity index (χ1v) is 12.9. The maximum Gasteiger partial charge on any atom is 0.421 e. The molecule has 2 aromatic heterocycles. The number of fused-ring (bicyclic) bond motifs is 1. The van der Waals surface area contributed by atoms with Crippen molar-refractivity contribution in [3.8, 4) is 5.88 Å². The molecule has 39 heavy (non-hydrogen) atoms. The highest BCUT2D eigenvalue weighted by molar-refractivity contribution is 5.87. The highest BCUT2D eigenvalue weighted by Crippen LogP contribution is 2.27. The Morgan fingerprint density at radius 3 is 2.36 bits per heavy atom. The number of ether oxygens (including phenoxy) is 2. The fraction of sp³-hybridized carbons (Fsp3) is 0.357. The number of carbonyl (C=O) groups excluding carboxylic acids is 1. The second kappa shape index (κ2) is 11.2. The predicted octanol–water partition coefficient (Wildman–Crippen LogP) is 5.36. The van der Waals surface area contributed by atoms with E-state index in [1.54, 1.807) is 20.8 Å². The molecule has 0 saturated carbocycles. The molecule has 0 spiro atoms. The molecule has 11 heteroatoms. The van der Waals surface area contributed by atoms with Crippen LogP contribution in [0.4, 0.5) is 22.1 Å². The van der Waals surface area contributed by atoms with E-state index in [2.05, 4.69) is 42.0 Å². The third-order valence-electron chi connectivity index (χ3n) is 6.13. The lowest BCUT2D eigenvalue weighted by molar-refractivity contribution is 0.0543. The van der Waals surface area contributed by atoms with Gasteiger partial charge in [-0.05, 0) is 57.6 Å². The van der Waals surface area contributed by atoms with E-state index in [1.165, 1.54) is 10.9 Å². The van der Waals surface area contributed by atoms with Crippen molar-refractivity contribution < 1.29 is 14.3 Å². The van der Waals surface area contributed by atoms with Crippen LogP contribution in [0.3, 0.4) is 0 Å². The zero-order chi connectivity index (χ0) is 27.4. The number of aromatic nitrogens is 4. The highest BCUT2D eigenvalue weighted by atomic mass is 16.6. The third-order valence-corrected chi connectivity index (χ3v) is 6.13. The third kappa shape index (κ3) is 6.55. The van der Waals surface area contributed by atoms with Crippen LogP contribution in [0.1, 0.15) is 26.3 Å². The van der Waals surface area contributed by atoms with Crippen molar-refractivity contribution >= 4 is 34.6 Å². The Morgan fingerprint density at radius 1 is 0.949 bits per heavy atom. The molecule has 0 amide bonds. The number of benzene rings is 2. The summed E-state index contributed by atoms with van der Waals surface area (Å²) in [5.41, 5.74) is 2.63. The minimum absolute atomic E-state index is 0.0408. The normalized spacial score (nSPS) is 14.7. The Morgan fingerprint density at radius 2 is 1.67 bits per heavy atom.